The van der Waals surface area contributed by atoms with Crippen molar-refractivity contribution in [2.24, 2.45) is 4.99 Å². The monoisotopic (exact) mass is 510 g/mol. The maximum atomic E-state index is 13.8. The van der Waals surface area contributed by atoms with E-state index in [-0.39, 0.29) is 11.7 Å². The van der Waals surface area contributed by atoms with E-state index in [1.165, 1.54) is 18.4 Å². The van der Waals surface area contributed by atoms with Crippen LogP contribution in [-0.4, -0.2) is 23.8 Å². The van der Waals surface area contributed by atoms with E-state index in [9.17, 15) is 9.59 Å². The Bertz CT molecular complexity index is 1460. The Balaban J connectivity index is 1.96. The Hall–Kier alpha value is -3.16. The molecule has 3 aromatic rings. The highest BCUT2D eigenvalue weighted by Gasteiger charge is 2.33. The van der Waals surface area contributed by atoms with Gasteiger partial charge in [-0.25, -0.2) is 9.79 Å². The van der Waals surface area contributed by atoms with Crippen LogP contribution in [0.5, 0.6) is 5.75 Å². The number of halogens is 1. The molecule has 8 heteroatoms. The largest absolute Gasteiger partial charge is 0.490 e. The van der Waals surface area contributed by atoms with Crippen molar-refractivity contribution in [1.82, 2.24) is 4.57 Å². The van der Waals surface area contributed by atoms with Crippen LogP contribution < -0.4 is 19.6 Å². The van der Waals surface area contributed by atoms with Crippen LogP contribution in [0.4, 0.5) is 0 Å². The molecule has 1 aliphatic heterocycles. The minimum Gasteiger partial charge on any atom is -0.490 e. The molecule has 35 heavy (non-hydrogen) atoms. The van der Waals surface area contributed by atoms with E-state index in [0.29, 0.717) is 43.4 Å². The van der Waals surface area contributed by atoms with Gasteiger partial charge in [0.05, 0.1) is 35.1 Å². The van der Waals surface area contributed by atoms with E-state index < -0.39 is 12.0 Å². The number of benzene rings is 2. The average Bonchev–Trinajstić information content (AvgIpc) is 3.18. The highest BCUT2D eigenvalue weighted by molar-refractivity contribution is 7.07. The van der Waals surface area contributed by atoms with Crippen LogP contribution in [0.3, 0.4) is 0 Å². The number of nitrogens with zero attached hydrogens (tertiary/aromatic N) is 2. The maximum absolute atomic E-state index is 13.8. The number of hydrogen-bond donors (Lipinski definition) is 0. The molecule has 2 heterocycles. The summed E-state index contributed by atoms with van der Waals surface area (Å²) in [5.74, 6) is 0.159. The molecule has 2 atom stereocenters. The number of ether oxygens (including phenoxy) is 2. The molecule has 0 spiro atoms. The van der Waals surface area contributed by atoms with E-state index in [2.05, 4.69) is 0 Å². The molecule has 0 saturated heterocycles. The van der Waals surface area contributed by atoms with Gasteiger partial charge in [0.2, 0.25) is 0 Å². The lowest BCUT2D eigenvalue weighted by Gasteiger charge is -2.25. The van der Waals surface area contributed by atoms with Gasteiger partial charge in [-0.3, -0.25) is 9.36 Å². The molecule has 0 amide bonds. The quantitative estimate of drug-likeness (QED) is 0.434. The van der Waals surface area contributed by atoms with Crippen molar-refractivity contribution in [2.75, 3.05) is 7.11 Å². The van der Waals surface area contributed by atoms with Gasteiger partial charge in [-0.1, -0.05) is 67.1 Å². The van der Waals surface area contributed by atoms with E-state index >= 15 is 0 Å². The zero-order valence-electron chi connectivity index (χ0n) is 20.1. The van der Waals surface area contributed by atoms with Crippen LogP contribution in [0.15, 0.2) is 69.6 Å². The van der Waals surface area contributed by atoms with Crippen LogP contribution in [0.2, 0.25) is 5.02 Å². The third-order valence-corrected chi connectivity index (χ3v) is 7.15. The van der Waals surface area contributed by atoms with Crippen LogP contribution in [0.25, 0.3) is 6.08 Å². The number of hydrogen-bond acceptors (Lipinski definition) is 6. The number of fused-ring (bicyclic) bond motifs is 1. The second-order valence-electron chi connectivity index (χ2n) is 8.22. The van der Waals surface area contributed by atoms with Gasteiger partial charge in [0.25, 0.3) is 5.56 Å². The summed E-state index contributed by atoms with van der Waals surface area (Å²) in [5.41, 5.74) is 2.27. The van der Waals surface area contributed by atoms with Crippen molar-refractivity contribution >= 4 is 35.0 Å². The molecule has 0 bridgehead atoms. The molecular formula is C27H27ClN2O4S. The Labute approximate surface area is 212 Å². The number of esters is 1. The van der Waals surface area contributed by atoms with Crippen molar-refractivity contribution in [3.8, 4) is 5.75 Å². The maximum Gasteiger partial charge on any atom is 0.338 e. The highest BCUT2D eigenvalue weighted by atomic mass is 35.5. The minimum atomic E-state index is -0.632. The summed E-state index contributed by atoms with van der Waals surface area (Å²) in [6.45, 7) is 5.97. The van der Waals surface area contributed by atoms with Gasteiger partial charge < -0.3 is 9.47 Å². The van der Waals surface area contributed by atoms with Crippen LogP contribution in [0, 0.1) is 0 Å². The molecule has 1 aliphatic rings. The van der Waals surface area contributed by atoms with Crippen molar-refractivity contribution in [2.45, 2.75) is 45.8 Å². The fourth-order valence-corrected chi connectivity index (χ4v) is 5.19. The van der Waals surface area contributed by atoms with Crippen molar-refractivity contribution in [3.63, 3.8) is 0 Å². The fraction of sp³-hybridized carbons (Fsp3) is 0.296. The smallest absolute Gasteiger partial charge is 0.338 e. The topological polar surface area (TPSA) is 69.9 Å². The molecule has 1 aromatic heterocycles. The lowest BCUT2D eigenvalue weighted by Crippen LogP contribution is -2.40. The second kappa shape index (κ2) is 10.6. The highest BCUT2D eigenvalue weighted by Crippen LogP contribution is 2.32. The zero-order valence-corrected chi connectivity index (χ0v) is 21.7. The number of carbonyl (C=O) groups is 1. The van der Waals surface area contributed by atoms with Gasteiger partial charge in [0, 0.05) is 10.6 Å². The normalized spacial score (nSPS) is 16.5. The molecule has 0 radical (unpaired) electrons. The zero-order chi connectivity index (χ0) is 25.1. The molecular weight excluding hydrogens is 484 g/mol. The Morgan fingerprint density at radius 1 is 1.23 bits per heavy atom. The number of thiazole rings is 1. The predicted octanol–water partition coefficient (Wildman–Crippen LogP) is 4.63. The summed E-state index contributed by atoms with van der Waals surface area (Å²) >= 11 is 7.55. The number of rotatable bonds is 7. The molecule has 0 N–H and O–H groups in total. The van der Waals surface area contributed by atoms with Crippen molar-refractivity contribution in [3.05, 3.63) is 95.6 Å². The number of carbonyl (C=O) groups excluding carboxylic acids is 1. The second-order valence-corrected chi connectivity index (χ2v) is 9.66. The number of methoxy groups -OCH3 is 1. The van der Waals surface area contributed by atoms with Gasteiger partial charge in [-0.2, -0.15) is 0 Å². The molecule has 4 rings (SSSR count). The number of allylic oxidation sites excluding steroid dienone is 1. The number of aromatic nitrogens is 1. The first-order valence-electron chi connectivity index (χ1n) is 11.5. The summed E-state index contributed by atoms with van der Waals surface area (Å²) in [4.78, 5) is 31.9. The lowest BCUT2D eigenvalue weighted by atomic mass is 9.95. The van der Waals surface area contributed by atoms with Crippen LogP contribution >= 0.6 is 22.9 Å². The third-order valence-electron chi connectivity index (χ3n) is 5.93. The third kappa shape index (κ3) is 4.97. The summed E-state index contributed by atoms with van der Waals surface area (Å²) in [6, 6.07) is 14.2. The Morgan fingerprint density at radius 3 is 2.63 bits per heavy atom. The summed E-state index contributed by atoms with van der Waals surface area (Å²) in [7, 11) is 1.34. The fourth-order valence-electron chi connectivity index (χ4n) is 4.00. The van der Waals surface area contributed by atoms with Crippen molar-refractivity contribution in [1.29, 1.82) is 0 Å². The molecule has 0 fully saturated rings. The minimum absolute atomic E-state index is 0.0114. The van der Waals surface area contributed by atoms with Gasteiger partial charge in [0.1, 0.15) is 5.75 Å². The summed E-state index contributed by atoms with van der Waals surface area (Å²) in [6.07, 6.45) is 3.16. The van der Waals surface area contributed by atoms with Gasteiger partial charge in [-0.05, 0) is 49.6 Å². The van der Waals surface area contributed by atoms with E-state index in [0.717, 1.165) is 12.0 Å². The Kier molecular flexibility index (Phi) is 7.57. The Morgan fingerprint density at radius 2 is 1.97 bits per heavy atom. The first kappa shape index (κ1) is 24.9. The predicted molar refractivity (Wildman–Crippen MR) is 139 cm³/mol. The molecule has 0 unspecified atom stereocenters. The van der Waals surface area contributed by atoms with E-state index in [1.807, 2.05) is 57.2 Å². The molecule has 6 nitrogen and oxygen atoms in total. The molecule has 0 aliphatic carbocycles. The molecule has 182 valence electrons. The lowest BCUT2D eigenvalue weighted by molar-refractivity contribution is -0.136. The van der Waals surface area contributed by atoms with E-state index in [4.69, 9.17) is 26.1 Å². The van der Waals surface area contributed by atoms with Gasteiger partial charge >= 0.3 is 5.97 Å². The first-order valence-corrected chi connectivity index (χ1v) is 12.7. The first-order chi connectivity index (χ1) is 16.9. The average molecular weight is 511 g/mol. The van der Waals surface area contributed by atoms with E-state index in [1.54, 1.807) is 22.8 Å². The standard InChI is InChI=1S/C27H27ClN2O4S/c1-5-16(3)34-21-13-12-19(28)14-18(21)15-22-25(31)30-24(17-10-8-7-9-11-17)23(26(32)33-4)20(6-2)29-27(30)35-22/h7-16,24H,5-6H2,1-4H3/b22-15+/t16-,24-/m0/s1. The van der Waals surface area contributed by atoms with Crippen LogP contribution in [-0.2, 0) is 9.53 Å². The van der Waals surface area contributed by atoms with Gasteiger partial charge in [0.15, 0.2) is 4.80 Å². The van der Waals surface area contributed by atoms with Crippen LogP contribution in [0.1, 0.15) is 50.8 Å². The SMILES string of the molecule is CCC1=C(C(=O)OC)[C@H](c2ccccc2)n2c(s/c(=C/c3cc(Cl)ccc3O[C@@H](C)CC)c2=O)=N1. The van der Waals surface area contributed by atoms with Gasteiger partial charge in [-0.15, -0.1) is 0 Å². The molecule has 0 saturated carbocycles. The summed E-state index contributed by atoms with van der Waals surface area (Å²) < 4.78 is 13.2. The molecule has 2 aromatic carbocycles. The summed E-state index contributed by atoms with van der Waals surface area (Å²) in [5, 5.41) is 0.545. The van der Waals surface area contributed by atoms with Crippen molar-refractivity contribution < 1.29 is 14.3 Å².